The minimum atomic E-state index is 0.0221. The van der Waals surface area contributed by atoms with Gasteiger partial charge in [-0.25, -0.2) is 9.97 Å². The van der Waals surface area contributed by atoms with Crippen LogP contribution >= 0.6 is 0 Å². The molecule has 0 spiro atoms. The SMILES string of the molecule is C=Cc1ccc(/C=C/c2nc(C#N)c(C#N)nc2-c2ccccc2)cc1. The van der Waals surface area contributed by atoms with Crippen LogP contribution in [0.15, 0.2) is 61.2 Å². The average Bonchev–Trinajstić information content (AvgIpc) is 2.72. The van der Waals surface area contributed by atoms with E-state index in [-0.39, 0.29) is 11.4 Å². The third-order valence-corrected chi connectivity index (χ3v) is 3.79. The smallest absolute Gasteiger partial charge is 0.177 e. The van der Waals surface area contributed by atoms with Gasteiger partial charge in [0, 0.05) is 5.56 Å². The summed E-state index contributed by atoms with van der Waals surface area (Å²) in [6.45, 7) is 3.74. The third-order valence-electron chi connectivity index (χ3n) is 3.79. The Morgan fingerprint density at radius 2 is 1.38 bits per heavy atom. The van der Waals surface area contributed by atoms with Gasteiger partial charge in [-0.1, -0.05) is 73.3 Å². The van der Waals surface area contributed by atoms with Gasteiger partial charge in [0.2, 0.25) is 0 Å². The number of benzene rings is 2. The van der Waals surface area contributed by atoms with Crippen LogP contribution in [-0.2, 0) is 0 Å². The highest BCUT2D eigenvalue weighted by molar-refractivity contribution is 5.77. The van der Waals surface area contributed by atoms with Crippen LogP contribution in [0.4, 0.5) is 0 Å². The fourth-order valence-electron chi connectivity index (χ4n) is 2.45. The highest BCUT2D eigenvalue weighted by atomic mass is 14.8. The molecular weight excluding hydrogens is 320 g/mol. The van der Waals surface area contributed by atoms with Gasteiger partial charge in [0.05, 0.1) is 11.4 Å². The summed E-state index contributed by atoms with van der Waals surface area (Å²) >= 11 is 0. The van der Waals surface area contributed by atoms with Crippen molar-refractivity contribution in [1.82, 2.24) is 9.97 Å². The van der Waals surface area contributed by atoms with E-state index in [9.17, 15) is 10.5 Å². The summed E-state index contributed by atoms with van der Waals surface area (Å²) in [5.74, 6) is 0. The Hall–Kier alpha value is -4.02. The summed E-state index contributed by atoms with van der Waals surface area (Å²) in [7, 11) is 0. The molecule has 4 nitrogen and oxygen atoms in total. The number of nitrogens with zero attached hydrogens (tertiary/aromatic N) is 4. The molecule has 2 aromatic carbocycles. The fourth-order valence-corrected chi connectivity index (χ4v) is 2.45. The summed E-state index contributed by atoms with van der Waals surface area (Å²) in [6.07, 6.45) is 5.49. The van der Waals surface area contributed by atoms with E-state index in [2.05, 4.69) is 16.5 Å². The third kappa shape index (κ3) is 3.56. The van der Waals surface area contributed by atoms with Crippen molar-refractivity contribution in [3.8, 4) is 23.4 Å². The molecule has 0 saturated heterocycles. The Balaban J connectivity index is 2.09. The summed E-state index contributed by atoms with van der Waals surface area (Å²) in [6, 6.07) is 21.2. The average molecular weight is 334 g/mol. The number of hydrogen-bond acceptors (Lipinski definition) is 4. The maximum absolute atomic E-state index is 9.24. The lowest BCUT2D eigenvalue weighted by Gasteiger charge is -2.06. The molecule has 0 atom stereocenters. The lowest BCUT2D eigenvalue weighted by molar-refractivity contribution is 1.12. The first-order valence-corrected chi connectivity index (χ1v) is 7.93. The van der Waals surface area contributed by atoms with E-state index in [1.54, 1.807) is 12.2 Å². The Labute approximate surface area is 152 Å². The molecule has 0 aliphatic heterocycles. The van der Waals surface area contributed by atoms with Crippen molar-refractivity contribution in [3.05, 3.63) is 89.4 Å². The van der Waals surface area contributed by atoms with Crippen molar-refractivity contribution in [2.45, 2.75) is 0 Å². The normalized spacial score (nSPS) is 10.2. The highest BCUT2D eigenvalue weighted by Crippen LogP contribution is 2.23. The van der Waals surface area contributed by atoms with Gasteiger partial charge in [-0.2, -0.15) is 10.5 Å². The zero-order chi connectivity index (χ0) is 18.4. The van der Waals surface area contributed by atoms with Gasteiger partial charge in [-0.15, -0.1) is 0 Å². The second-order valence-corrected chi connectivity index (χ2v) is 5.45. The van der Waals surface area contributed by atoms with E-state index < -0.39 is 0 Å². The van der Waals surface area contributed by atoms with Crippen LogP contribution in [0.3, 0.4) is 0 Å². The predicted octanol–water partition coefficient (Wildman–Crippen LogP) is 4.70. The minimum Gasteiger partial charge on any atom is -0.232 e. The quantitative estimate of drug-likeness (QED) is 0.693. The molecule has 1 aromatic heterocycles. The predicted molar refractivity (Wildman–Crippen MR) is 102 cm³/mol. The topological polar surface area (TPSA) is 73.4 Å². The maximum atomic E-state index is 9.24. The first-order chi connectivity index (χ1) is 12.7. The minimum absolute atomic E-state index is 0.0221. The molecule has 0 bridgehead atoms. The molecule has 0 fully saturated rings. The molecule has 0 saturated carbocycles. The second-order valence-electron chi connectivity index (χ2n) is 5.45. The molecule has 0 aliphatic rings. The summed E-state index contributed by atoms with van der Waals surface area (Å²) in [5.41, 5.74) is 4.02. The molecule has 122 valence electrons. The van der Waals surface area contributed by atoms with Gasteiger partial charge in [0.1, 0.15) is 12.1 Å². The molecule has 3 rings (SSSR count). The van der Waals surface area contributed by atoms with E-state index in [0.29, 0.717) is 11.4 Å². The van der Waals surface area contributed by atoms with Crippen LogP contribution in [0.5, 0.6) is 0 Å². The van der Waals surface area contributed by atoms with E-state index in [4.69, 9.17) is 0 Å². The van der Waals surface area contributed by atoms with E-state index >= 15 is 0 Å². The van der Waals surface area contributed by atoms with E-state index in [0.717, 1.165) is 16.7 Å². The van der Waals surface area contributed by atoms with Crippen LogP contribution in [-0.4, -0.2) is 9.97 Å². The number of hydrogen-bond donors (Lipinski definition) is 0. The first kappa shape index (κ1) is 16.8. The molecule has 0 radical (unpaired) electrons. The monoisotopic (exact) mass is 334 g/mol. The van der Waals surface area contributed by atoms with Crippen molar-refractivity contribution in [1.29, 1.82) is 10.5 Å². The van der Waals surface area contributed by atoms with E-state index in [1.807, 2.05) is 72.8 Å². The standard InChI is InChI=1S/C22H14N4/c1-2-16-8-10-17(11-9-16)12-13-19-22(18-6-4-3-5-7-18)26-21(15-24)20(14-23)25-19/h2-13H,1H2/b13-12+. The molecule has 1 heterocycles. The lowest BCUT2D eigenvalue weighted by Crippen LogP contribution is -2.00. The lowest BCUT2D eigenvalue weighted by atomic mass is 10.1. The van der Waals surface area contributed by atoms with E-state index in [1.165, 1.54) is 0 Å². The Bertz CT molecular complexity index is 1050. The van der Waals surface area contributed by atoms with Crippen molar-refractivity contribution < 1.29 is 0 Å². The van der Waals surface area contributed by atoms with Crippen LogP contribution in [0.25, 0.3) is 29.5 Å². The van der Waals surface area contributed by atoms with Crippen molar-refractivity contribution in [2.75, 3.05) is 0 Å². The highest BCUT2D eigenvalue weighted by Gasteiger charge is 2.13. The summed E-state index contributed by atoms with van der Waals surface area (Å²) < 4.78 is 0. The van der Waals surface area contributed by atoms with Crippen molar-refractivity contribution in [3.63, 3.8) is 0 Å². The zero-order valence-corrected chi connectivity index (χ0v) is 13.9. The molecule has 0 unspecified atom stereocenters. The Kier molecular flexibility index (Phi) is 4.98. The molecule has 0 N–H and O–H groups in total. The van der Waals surface area contributed by atoms with Crippen LogP contribution in [0.2, 0.25) is 0 Å². The summed E-state index contributed by atoms with van der Waals surface area (Å²) in [4.78, 5) is 8.70. The number of nitriles is 2. The first-order valence-electron chi connectivity index (χ1n) is 7.93. The molecule has 26 heavy (non-hydrogen) atoms. The molecule has 0 aliphatic carbocycles. The molecular formula is C22H14N4. The van der Waals surface area contributed by atoms with Crippen molar-refractivity contribution in [2.24, 2.45) is 0 Å². The molecule has 3 aromatic rings. The second kappa shape index (κ2) is 7.70. The van der Waals surface area contributed by atoms with Gasteiger partial charge >= 0.3 is 0 Å². The number of aromatic nitrogens is 2. The largest absolute Gasteiger partial charge is 0.232 e. The van der Waals surface area contributed by atoms with Gasteiger partial charge in [0.25, 0.3) is 0 Å². The van der Waals surface area contributed by atoms with Crippen molar-refractivity contribution >= 4 is 18.2 Å². The Morgan fingerprint density at radius 3 is 2.00 bits per heavy atom. The van der Waals surface area contributed by atoms with Gasteiger partial charge in [-0.3, -0.25) is 0 Å². The van der Waals surface area contributed by atoms with Gasteiger partial charge in [-0.05, 0) is 17.2 Å². The maximum Gasteiger partial charge on any atom is 0.177 e. The summed E-state index contributed by atoms with van der Waals surface area (Å²) in [5, 5.41) is 18.5. The molecule has 0 amide bonds. The van der Waals surface area contributed by atoms with Crippen LogP contribution in [0.1, 0.15) is 28.2 Å². The Morgan fingerprint density at radius 1 is 0.769 bits per heavy atom. The van der Waals surface area contributed by atoms with Crippen LogP contribution < -0.4 is 0 Å². The number of rotatable bonds is 4. The molecule has 4 heteroatoms. The van der Waals surface area contributed by atoms with Gasteiger partial charge < -0.3 is 0 Å². The van der Waals surface area contributed by atoms with Crippen LogP contribution in [0, 0.1) is 22.7 Å². The fraction of sp³-hybridized carbons (Fsp3) is 0. The van der Waals surface area contributed by atoms with Gasteiger partial charge in [0.15, 0.2) is 11.4 Å². The zero-order valence-electron chi connectivity index (χ0n) is 13.9.